The first kappa shape index (κ1) is 10.1. The van der Waals surface area contributed by atoms with E-state index in [0.29, 0.717) is 22.8 Å². The Morgan fingerprint density at radius 3 is 2.93 bits per heavy atom. The second-order valence-corrected chi connectivity index (χ2v) is 3.16. The highest BCUT2D eigenvalue weighted by Crippen LogP contribution is 2.42. The number of hydrogen-bond acceptors (Lipinski definition) is 5. The number of aliphatic hydroxyl groups excluding tert-OH is 2. The second kappa shape index (κ2) is 3.96. The molecule has 2 rings (SSSR count). The maximum Gasteiger partial charge on any atom is 0.231 e. The third kappa shape index (κ3) is 1.71. The van der Waals surface area contributed by atoms with Gasteiger partial charge in [0, 0.05) is 0 Å². The van der Waals surface area contributed by atoms with Crippen LogP contribution in [0.5, 0.6) is 17.2 Å². The van der Waals surface area contributed by atoms with E-state index in [2.05, 4.69) is 0 Å². The number of ether oxygens (including phenoxy) is 3. The van der Waals surface area contributed by atoms with Gasteiger partial charge in [-0.05, 0) is 17.7 Å². The highest BCUT2D eigenvalue weighted by Gasteiger charge is 2.21. The summed E-state index contributed by atoms with van der Waals surface area (Å²) >= 11 is 0. The Hall–Kier alpha value is -1.46. The number of benzene rings is 1. The Kier molecular flexibility index (Phi) is 2.66. The summed E-state index contributed by atoms with van der Waals surface area (Å²) in [7, 11) is 1.51. The Morgan fingerprint density at radius 1 is 1.47 bits per heavy atom. The van der Waals surface area contributed by atoms with Gasteiger partial charge in [0.2, 0.25) is 12.5 Å². The van der Waals surface area contributed by atoms with Gasteiger partial charge >= 0.3 is 0 Å². The van der Waals surface area contributed by atoms with Crippen LogP contribution in [0.15, 0.2) is 12.1 Å². The van der Waals surface area contributed by atoms with Crippen LogP contribution >= 0.6 is 0 Å². The molecule has 0 bridgehead atoms. The zero-order chi connectivity index (χ0) is 10.8. The van der Waals surface area contributed by atoms with Gasteiger partial charge in [-0.1, -0.05) is 0 Å². The lowest BCUT2D eigenvalue weighted by Crippen LogP contribution is -2.02. The molecule has 0 fully saturated rings. The molecule has 0 saturated heterocycles. The van der Waals surface area contributed by atoms with Crippen molar-refractivity contribution in [2.75, 3.05) is 20.5 Å². The van der Waals surface area contributed by atoms with Crippen molar-refractivity contribution in [1.29, 1.82) is 0 Å². The van der Waals surface area contributed by atoms with E-state index >= 15 is 0 Å². The minimum atomic E-state index is -0.937. The average Bonchev–Trinajstić information content (AvgIpc) is 2.74. The fourth-order valence-electron chi connectivity index (χ4n) is 1.45. The molecule has 0 aromatic heterocycles. The van der Waals surface area contributed by atoms with Gasteiger partial charge < -0.3 is 24.4 Å². The molecular formula is C10H12O5. The summed E-state index contributed by atoms with van der Waals surface area (Å²) in [4.78, 5) is 0. The SMILES string of the molecule is COc1cc(C(O)CO)cc2c1OCO2. The standard InChI is InChI=1S/C10H12O5/c1-13-8-2-6(7(12)4-11)3-9-10(8)15-5-14-9/h2-3,7,11-12H,4-5H2,1H3. The van der Waals surface area contributed by atoms with Crippen molar-refractivity contribution in [3.05, 3.63) is 17.7 Å². The van der Waals surface area contributed by atoms with Gasteiger partial charge in [0.25, 0.3) is 0 Å². The molecular weight excluding hydrogens is 200 g/mol. The number of hydrogen-bond donors (Lipinski definition) is 2. The molecule has 0 spiro atoms. The van der Waals surface area contributed by atoms with E-state index in [-0.39, 0.29) is 13.4 Å². The van der Waals surface area contributed by atoms with Gasteiger partial charge in [0.1, 0.15) is 6.10 Å². The minimum Gasteiger partial charge on any atom is -0.493 e. The third-order valence-electron chi connectivity index (χ3n) is 2.24. The largest absolute Gasteiger partial charge is 0.493 e. The molecule has 1 atom stereocenters. The van der Waals surface area contributed by atoms with Crippen molar-refractivity contribution >= 4 is 0 Å². The van der Waals surface area contributed by atoms with E-state index in [1.54, 1.807) is 12.1 Å². The van der Waals surface area contributed by atoms with Crippen LogP contribution in [0, 0.1) is 0 Å². The molecule has 0 aliphatic carbocycles. The van der Waals surface area contributed by atoms with Crippen molar-refractivity contribution in [2.45, 2.75) is 6.10 Å². The summed E-state index contributed by atoms with van der Waals surface area (Å²) in [5.74, 6) is 1.55. The van der Waals surface area contributed by atoms with Crippen LogP contribution in [0.25, 0.3) is 0 Å². The molecule has 82 valence electrons. The number of aliphatic hydroxyl groups is 2. The predicted octanol–water partition coefficient (Wildman–Crippen LogP) is 0.450. The van der Waals surface area contributed by atoms with Crippen molar-refractivity contribution in [2.24, 2.45) is 0 Å². The zero-order valence-electron chi connectivity index (χ0n) is 8.27. The smallest absolute Gasteiger partial charge is 0.231 e. The van der Waals surface area contributed by atoms with Crippen molar-refractivity contribution in [3.63, 3.8) is 0 Å². The van der Waals surface area contributed by atoms with E-state index in [1.165, 1.54) is 7.11 Å². The van der Waals surface area contributed by atoms with E-state index in [1.807, 2.05) is 0 Å². The second-order valence-electron chi connectivity index (χ2n) is 3.16. The number of rotatable bonds is 3. The molecule has 0 radical (unpaired) electrons. The van der Waals surface area contributed by atoms with Gasteiger partial charge in [0.05, 0.1) is 13.7 Å². The summed E-state index contributed by atoms with van der Waals surface area (Å²) in [5, 5.41) is 18.3. The first-order chi connectivity index (χ1) is 7.26. The van der Waals surface area contributed by atoms with E-state index in [9.17, 15) is 5.11 Å². The fraction of sp³-hybridized carbons (Fsp3) is 0.400. The molecule has 2 N–H and O–H groups in total. The van der Waals surface area contributed by atoms with Crippen LogP contribution in [-0.2, 0) is 0 Å². The topological polar surface area (TPSA) is 68.2 Å². The van der Waals surface area contributed by atoms with Gasteiger partial charge in [-0.2, -0.15) is 0 Å². The molecule has 1 aromatic rings. The summed E-state index contributed by atoms with van der Waals surface area (Å²) in [6.07, 6.45) is -0.937. The highest BCUT2D eigenvalue weighted by atomic mass is 16.7. The predicted molar refractivity (Wildman–Crippen MR) is 51.2 cm³/mol. The Bertz CT molecular complexity index is 363. The molecule has 1 heterocycles. The third-order valence-corrected chi connectivity index (χ3v) is 2.24. The summed E-state index contributed by atoms with van der Waals surface area (Å²) in [6, 6.07) is 3.25. The van der Waals surface area contributed by atoms with Crippen LogP contribution in [0.2, 0.25) is 0 Å². The number of methoxy groups -OCH3 is 1. The van der Waals surface area contributed by atoms with Gasteiger partial charge in [0.15, 0.2) is 11.5 Å². The Balaban J connectivity index is 2.43. The lowest BCUT2D eigenvalue weighted by Gasteiger charge is -2.11. The maximum atomic E-state index is 9.48. The van der Waals surface area contributed by atoms with Crippen LogP contribution < -0.4 is 14.2 Å². The molecule has 5 heteroatoms. The molecule has 1 aliphatic rings. The molecule has 5 nitrogen and oxygen atoms in total. The monoisotopic (exact) mass is 212 g/mol. The van der Waals surface area contributed by atoms with Crippen LogP contribution in [0.3, 0.4) is 0 Å². The van der Waals surface area contributed by atoms with Crippen molar-refractivity contribution in [3.8, 4) is 17.2 Å². The summed E-state index contributed by atoms with van der Waals surface area (Å²) < 4.78 is 15.5. The fourth-order valence-corrected chi connectivity index (χ4v) is 1.45. The van der Waals surface area contributed by atoms with Crippen LogP contribution in [0.4, 0.5) is 0 Å². The molecule has 1 aromatic carbocycles. The quantitative estimate of drug-likeness (QED) is 0.761. The summed E-state index contributed by atoms with van der Waals surface area (Å²) in [6.45, 7) is -0.201. The van der Waals surface area contributed by atoms with Gasteiger partial charge in [-0.25, -0.2) is 0 Å². The van der Waals surface area contributed by atoms with E-state index < -0.39 is 6.10 Å². The lowest BCUT2D eigenvalue weighted by molar-refractivity contribution is 0.0952. The highest BCUT2D eigenvalue weighted by molar-refractivity contribution is 5.55. The molecule has 0 amide bonds. The van der Waals surface area contributed by atoms with E-state index in [0.717, 1.165) is 0 Å². The molecule has 0 saturated carbocycles. The van der Waals surface area contributed by atoms with Crippen molar-refractivity contribution in [1.82, 2.24) is 0 Å². The van der Waals surface area contributed by atoms with Gasteiger partial charge in [-0.3, -0.25) is 0 Å². The molecule has 1 aliphatic heterocycles. The first-order valence-electron chi connectivity index (χ1n) is 4.52. The van der Waals surface area contributed by atoms with Gasteiger partial charge in [-0.15, -0.1) is 0 Å². The minimum absolute atomic E-state index is 0.143. The van der Waals surface area contributed by atoms with Crippen LogP contribution in [-0.4, -0.2) is 30.7 Å². The Morgan fingerprint density at radius 2 is 2.27 bits per heavy atom. The van der Waals surface area contributed by atoms with Crippen LogP contribution in [0.1, 0.15) is 11.7 Å². The lowest BCUT2D eigenvalue weighted by atomic mass is 10.1. The molecule has 1 unspecified atom stereocenters. The van der Waals surface area contributed by atoms with E-state index in [4.69, 9.17) is 19.3 Å². The molecule has 15 heavy (non-hydrogen) atoms. The number of fused-ring (bicyclic) bond motifs is 1. The Labute approximate surface area is 86.8 Å². The summed E-state index contributed by atoms with van der Waals surface area (Å²) in [5.41, 5.74) is 0.540. The maximum absolute atomic E-state index is 9.48. The zero-order valence-corrected chi connectivity index (χ0v) is 8.27. The normalized spacial score (nSPS) is 15.1. The average molecular weight is 212 g/mol. The van der Waals surface area contributed by atoms with Crippen molar-refractivity contribution < 1.29 is 24.4 Å². The first-order valence-corrected chi connectivity index (χ1v) is 4.52.